The highest BCUT2D eigenvalue weighted by Gasteiger charge is 2.00. The standard InChI is InChI=1S/C5H13NO3S.C4H6O2.C3H9N.C3H4O2/c1-6(2)4-5-9-10(3,7)8;1-2-3-4(5)6;1-2-3-4;1-2-3(4)5/h4-5H2,1-3H3;2-3H,1H3,(H,5,6);2-4H2,1H3;2H,1H2,(H,4,5). The Morgan fingerprint density at radius 2 is 1.64 bits per heavy atom. The van der Waals surface area contributed by atoms with Crippen LogP contribution < -0.4 is 5.73 Å². The fourth-order valence-corrected chi connectivity index (χ4v) is 0.891. The lowest BCUT2D eigenvalue weighted by molar-refractivity contribution is -0.132. The van der Waals surface area contributed by atoms with Gasteiger partial charge in [0.1, 0.15) is 0 Å². The number of carboxylic acids is 2. The van der Waals surface area contributed by atoms with E-state index in [2.05, 4.69) is 17.7 Å². The molecule has 0 aromatic heterocycles. The van der Waals surface area contributed by atoms with Gasteiger partial charge in [-0.3, -0.25) is 4.18 Å². The molecule has 0 heterocycles. The van der Waals surface area contributed by atoms with Crippen molar-refractivity contribution < 1.29 is 32.4 Å². The number of hydrogen-bond acceptors (Lipinski definition) is 7. The van der Waals surface area contributed by atoms with Crippen molar-refractivity contribution in [3.8, 4) is 0 Å². The van der Waals surface area contributed by atoms with Crippen molar-refractivity contribution in [2.24, 2.45) is 5.73 Å². The Morgan fingerprint density at radius 1 is 1.24 bits per heavy atom. The van der Waals surface area contributed by atoms with Crippen LogP contribution in [0.2, 0.25) is 0 Å². The summed E-state index contributed by atoms with van der Waals surface area (Å²) in [6.07, 6.45) is 5.53. The van der Waals surface area contributed by atoms with Gasteiger partial charge in [-0.2, -0.15) is 8.42 Å². The average Bonchev–Trinajstić information content (AvgIpc) is 2.46. The molecule has 4 N–H and O–H groups in total. The first-order chi connectivity index (χ1) is 11.4. The molecule has 0 rings (SSSR count). The molecule has 0 aliphatic carbocycles. The van der Waals surface area contributed by atoms with E-state index >= 15 is 0 Å². The first-order valence-corrected chi connectivity index (χ1v) is 9.09. The molecule has 25 heavy (non-hydrogen) atoms. The third kappa shape index (κ3) is 72.1. The van der Waals surface area contributed by atoms with Gasteiger partial charge in [0.05, 0.1) is 12.9 Å². The molecule has 0 radical (unpaired) electrons. The minimum absolute atomic E-state index is 0.228. The highest BCUT2D eigenvalue weighted by molar-refractivity contribution is 7.85. The number of nitrogens with zero attached hydrogens (tertiary/aromatic N) is 1. The maximum absolute atomic E-state index is 10.4. The molecule has 10 heteroatoms. The van der Waals surface area contributed by atoms with Crippen LogP contribution in [0.15, 0.2) is 24.8 Å². The van der Waals surface area contributed by atoms with Crippen LogP contribution in [0.1, 0.15) is 20.3 Å². The molecule has 0 aliphatic rings. The van der Waals surface area contributed by atoms with Gasteiger partial charge in [-0.25, -0.2) is 9.59 Å². The number of aliphatic carboxylic acids is 2. The van der Waals surface area contributed by atoms with Gasteiger partial charge in [-0.05, 0) is 34.0 Å². The Bertz CT molecular complexity index is 459. The highest BCUT2D eigenvalue weighted by atomic mass is 32.2. The number of allylic oxidation sites excluding steroid dienone is 1. The molecule has 0 amide bonds. The van der Waals surface area contributed by atoms with Crippen LogP contribution in [0.4, 0.5) is 0 Å². The number of carbonyl (C=O) groups is 2. The predicted octanol–water partition coefficient (Wildman–Crippen LogP) is 0.783. The zero-order valence-corrected chi connectivity index (χ0v) is 16.5. The van der Waals surface area contributed by atoms with Crippen molar-refractivity contribution in [2.45, 2.75) is 20.3 Å². The molecule has 0 aliphatic heterocycles. The Labute approximate surface area is 150 Å². The van der Waals surface area contributed by atoms with E-state index in [0.29, 0.717) is 6.54 Å². The molecule has 0 saturated carbocycles. The second-order valence-electron chi connectivity index (χ2n) is 4.50. The summed E-state index contributed by atoms with van der Waals surface area (Å²) in [4.78, 5) is 20.6. The van der Waals surface area contributed by atoms with Crippen LogP contribution in [0.5, 0.6) is 0 Å². The highest BCUT2D eigenvalue weighted by Crippen LogP contribution is 1.85. The van der Waals surface area contributed by atoms with Gasteiger partial charge < -0.3 is 20.8 Å². The fraction of sp³-hybridized carbons (Fsp3) is 0.600. The molecular formula is C15H32N2O7S. The van der Waals surface area contributed by atoms with Crippen LogP contribution in [0, 0.1) is 0 Å². The molecule has 0 saturated heterocycles. The maximum Gasteiger partial charge on any atom is 0.327 e. The summed E-state index contributed by atoms with van der Waals surface area (Å²) in [7, 11) is 0.459. The molecule has 0 aromatic rings. The zero-order valence-electron chi connectivity index (χ0n) is 15.6. The number of hydrogen-bond donors (Lipinski definition) is 3. The second kappa shape index (κ2) is 22.2. The van der Waals surface area contributed by atoms with Gasteiger partial charge in [0.25, 0.3) is 10.1 Å². The molecule has 0 bridgehead atoms. The molecule has 0 unspecified atom stereocenters. The zero-order chi connectivity index (χ0) is 20.9. The van der Waals surface area contributed by atoms with E-state index in [9.17, 15) is 18.0 Å². The smallest absolute Gasteiger partial charge is 0.327 e. The topological polar surface area (TPSA) is 147 Å². The summed E-state index contributed by atoms with van der Waals surface area (Å²) in [5.41, 5.74) is 5.03. The Balaban J connectivity index is -0.000000127. The number of nitrogens with two attached hydrogens (primary N) is 1. The first-order valence-electron chi connectivity index (χ1n) is 7.27. The minimum Gasteiger partial charge on any atom is -0.478 e. The molecule has 9 nitrogen and oxygen atoms in total. The van der Waals surface area contributed by atoms with Gasteiger partial charge in [-0.1, -0.05) is 19.6 Å². The van der Waals surface area contributed by atoms with Crippen LogP contribution in [0.3, 0.4) is 0 Å². The van der Waals surface area contributed by atoms with E-state index < -0.39 is 22.1 Å². The predicted molar refractivity (Wildman–Crippen MR) is 99.0 cm³/mol. The summed E-state index contributed by atoms with van der Waals surface area (Å²) in [5.74, 6) is -1.87. The van der Waals surface area contributed by atoms with Crippen molar-refractivity contribution in [3.05, 3.63) is 24.8 Å². The third-order valence-electron chi connectivity index (χ3n) is 1.61. The molecule has 0 atom stereocenters. The van der Waals surface area contributed by atoms with Crippen molar-refractivity contribution in [2.75, 3.05) is 40.0 Å². The first kappa shape index (κ1) is 31.1. The van der Waals surface area contributed by atoms with E-state index in [1.807, 2.05) is 19.0 Å². The quantitative estimate of drug-likeness (QED) is 0.428. The van der Waals surface area contributed by atoms with Crippen molar-refractivity contribution in [1.29, 1.82) is 0 Å². The Hall–Kier alpha value is -1.75. The fourth-order valence-electron chi connectivity index (χ4n) is 0.514. The molecular weight excluding hydrogens is 352 g/mol. The molecule has 0 fully saturated rings. The lowest BCUT2D eigenvalue weighted by atomic mass is 10.5. The van der Waals surface area contributed by atoms with Gasteiger partial charge in [0.15, 0.2) is 0 Å². The largest absolute Gasteiger partial charge is 0.478 e. The van der Waals surface area contributed by atoms with Crippen LogP contribution in [-0.4, -0.2) is 75.5 Å². The van der Waals surface area contributed by atoms with Crippen molar-refractivity contribution >= 4 is 22.1 Å². The van der Waals surface area contributed by atoms with Gasteiger partial charge >= 0.3 is 11.9 Å². The third-order valence-corrected chi connectivity index (χ3v) is 2.20. The minimum atomic E-state index is -3.25. The van der Waals surface area contributed by atoms with E-state index in [1.54, 1.807) is 6.92 Å². The Morgan fingerprint density at radius 3 is 1.76 bits per heavy atom. The van der Waals surface area contributed by atoms with E-state index in [0.717, 1.165) is 31.4 Å². The van der Waals surface area contributed by atoms with Crippen molar-refractivity contribution in [3.63, 3.8) is 0 Å². The normalized spacial score (nSPS) is 9.72. The van der Waals surface area contributed by atoms with Gasteiger partial charge in [0.2, 0.25) is 0 Å². The summed E-state index contributed by atoms with van der Waals surface area (Å²) in [6, 6.07) is 0. The van der Waals surface area contributed by atoms with E-state index in [-0.39, 0.29) is 6.61 Å². The average molecular weight is 384 g/mol. The summed E-state index contributed by atoms with van der Waals surface area (Å²) < 4.78 is 25.2. The van der Waals surface area contributed by atoms with E-state index in [1.165, 1.54) is 6.08 Å². The lowest BCUT2D eigenvalue weighted by Gasteiger charge is -2.07. The van der Waals surface area contributed by atoms with Gasteiger partial charge in [0, 0.05) is 18.7 Å². The summed E-state index contributed by atoms with van der Waals surface area (Å²) in [5, 5.41) is 15.4. The molecule has 150 valence electrons. The lowest BCUT2D eigenvalue weighted by Crippen LogP contribution is -2.19. The number of carboxylic acid groups (broad SMARTS) is 2. The second-order valence-corrected chi connectivity index (χ2v) is 6.14. The summed E-state index contributed by atoms with van der Waals surface area (Å²) >= 11 is 0. The van der Waals surface area contributed by atoms with Gasteiger partial charge in [-0.15, -0.1) is 0 Å². The molecule has 0 aromatic carbocycles. The van der Waals surface area contributed by atoms with Crippen LogP contribution >= 0.6 is 0 Å². The van der Waals surface area contributed by atoms with Crippen LogP contribution in [0.25, 0.3) is 0 Å². The number of likely N-dealkylation sites (N-methyl/N-ethyl adjacent to an activating group) is 1. The van der Waals surface area contributed by atoms with Crippen molar-refractivity contribution in [1.82, 2.24) is 4.90 Å². The van der Waals surface area contributed by atoms with Crippen LogP contribution in [-0.2, 0) is 23.9 Å². The number of rotatable bonds is 7. The Kier molecular flexibility index (Phi) is 27.6. The molecule has 0 spiro atoms. The monoisotopic (exact) mass is 384 g/mol. The van der Waals surface area contributed by atoms with E-state index in [4.69, 9.17) is 15.9 Å². The SMILES string of the molecule is C=CC(=O)O.CC=CC(=O)O.CCCN.CN(C)CCOS(C)(=O)=O. The summed E-state index contributed by atoms with van der Waals surface area (Å²) in [6.45, 7) is 8.34. The maximum atomic E-state index is 10.4.